The summed E-state index contributed by atoms with van der Waals surface area (Å²) >= 11 is 0. The molecule has 3 aromatic rings. The molecule has 0 atom stereocenters. The van der Waals surface area contributed by atoms with E-state index in [-0.39, 0.29) is 5.41 Å². The molecule has 0 aliphatic carbocycles. The van der Waals surface area contributed by atoms with Crippen molar-refractivity contribution in [2.24, 2.45) is 16.9 Å². The molecule has 138 valence electrons. The molecule has 0 bridgehead atoms. The fourth-order valence-electron chi connectivity index (χ4n) is 4.03. The van der Waals surface area contributed by atoms with E-state index in [9.17, 15) is 0 Å². The highest BCUT2D eigenvalue weighted by atomic mass is 16.5. The lowest BCUT2D eigenvalue weighted by molar-refractivity contribution is -0.106. The maximum atomic E-state index is 7.22. The minimum absolute atomic E-state index is 0.0182. The van der Waals surface area contributed by atoms with Gasteiger partial charge in [-0.15, -0.1) is 0 Å². The second kappa shape index (κ2) is 7.28. The van der Waals surface area contributed by atoms with Crippen molar-refractivity contribution in [1.82, 2.24) is 0 Å². The summed E-state index contributed by atoms with van der Waals surface area (Å²) in [5.41, 5.74) is 17.1. The van der Waals surface area contributed by atoms with Crippen molar-refractivity contribution in [2.75, 3.05) is 19.8 Å². The Morgan fingerprint density at radius 3 is 1.78 bits per heavy atom. The van der Waals surface area contributed by atoms with Crippen LogP contribution < -0.4 is 11.5 Å². The summed E-state index contributed by atoms with van der Waals surface area (Å²) < 4.78 is 5.48. The lowest BCUT2D eigenvalue weighted by atomic mass is 9.72. The zero-order chi connectivity index (χ0) is 18.7. The Morgan fingerprint density at radius 2 is 1.30 bits per heavy atom. The number of nitrogens with two attached hydrogens (primary N) is 2. The van der Waals surface area contributed by atoms with Crippen LogP contribution in [0.5, 0.6) is 0 Å². The molecule has 4 N–H and O–H groups in total. The van der Waals surface area contributed by atoms with Crippen LogP contribution in [-0.4, -0.2) is 19.8 Å². The van der Waals surface area contributed by atoms with Crippen LogP contribution in [0.1, 0.15) is 22.3 Å². The van der Waals surface area contributed by atoms with Crippen LogP contribution in [-0.2, 0) is 16.7 Å². The van der Waals surface area contributed by atoms with Gasteiger partial charge >= 0.3 is 0 Å². The minimum atomic E-state index is -0.723. The van der Waals surface area contributed by atoms with Crippen molar-refractivity contribution < 1.29 is 4.74 Å². The standard InChI is InChI=1S/C24H26N2O/c25-16-23(17-27-18-23)15-19-9-7-8-14-22(19)24(26,20-10-3-1-4-11-20)21-12-5-2-6-13-21/h1-14H,15-18,25-26H2. The van der Waals surface area contributed by atoms with Crippen LogP contribution >= 0.6 is 0 Å². The van der Waals surface area contributed by atoms with Gasteiger partial charge < -0.3 is 16.2 Å². The van der Waals surface area contributed by atoms with E-state index in [1.54, 1.807) is 0 Å². The van der Waals surface area contributed by atoms with Gasteiger partial charge in [0.05, 0.1) is 18.8 Å². The number of hydrogen-bond acceptors (Lipinski definition) is 3. The molecule has 1 aliphatic heterocycles. The normalized spacial score (nSPS) is 15.9. The Morgan fingerprint density at radius 1 is 0.778 bits per heavy atom. The molecule has 0 aromatic heterocycles. The summed E-state index contributed by atoms with van der Waals surface area (Å²) in [5, 5.41) is 0. The van der Waals surface area contributed by atoms with Crippen LogP contribution in [0.2, 0.25) is 0 Å². The smallest absolute Gasteiger partial charge is 0.0925 e. The zero-order valence-corrected chi connectivity index (χ0v) is 15.5. The van der Waals surface area contributed by atoms with Crippen LogP contribution in [0.15, 0.2) is 84.9 Å². The third-order valence-corrected chi connectivity index (χ3v) is 5.72. The molecule has 3 heteroatoms. The summed E-state index contributed by atoms with van der Waals surface area (Å²) in [6.07, 6.45) is 0.873. The summed E-state index contributed by atoms with van der Waals surface area (Å²) in [5.74, 6) is 0. The summed E-state index contributed by atoms with van der Waals surface area (Å²) in [7, 11) is 0. The second-order valence-corrected chi connectivity index (χ2v) is 7.57. The lowest BCUT2D eigenvalue weighted by Crippen LogP contribution is -2.50. The summed E-state index contributed by atoms with van der Waals surface area (Å²) in [4.78, 5) is 0. The predicted molar refractivity (Wildman–Crippen MR) is 109 cm³/mol. The average molecular weight is 358 g/mol. The molecular weight excluding hydrogens is 332 g/mol. The van der Waals surface area contributed by atoms with Gasteiger partial charge in [0.2, 0.25) is 0 Å². The van der Waals surface area contributed by atoms with E-state index in [0.29, 0.717) is 19.8 Å². The predicted octanol–water partition coefficient (Wildman–Crippen LogP) is 3.46. The molecule has 0 spiro atoms. The van der Waals surface area contributed by atoms with Gasteiger partial charge in [-0.3, -0.25) is 0 Å². The van der Waals surface area contributed by atoms with E-state index >= 15 is 0 Å². The van der Waals surface area contributed by atoms with Gasteiger partial charge in [0.25, 0.3) is 0 Å². The van der Waals surface area contributed by atoms with Crippen LogP contribution in [0.4, 0.5) is 0 Å². The molecule has 0 saturated carbocycles. The van der Waals surface area contributed by atoms with Gasteiger partial charge in [-0.1, -0.05) is 84.9 Å². The Labute approximate surface area is 161 Å². The molecule has 27 heavy (non-hydrogen) atoms. The van der Waals surface area contributed by atoms with Gasteiger partial charge in [0, 0.05) is 12.0 Å². The van der Waals surface area contributed by atoms with E-state index in [2.05, 4.69) is 48.5 Å². The Hall–Kier alpha value is -2.46. The van der Waals surface area contributed by atoms with Gasteiger partial charge in [-0.05, 0) is 28.7 Å². The first-order valence-electron chi connectivity index (χ1n) is 9.44. The third-order valence-electron chi connectivity index (χ3n) is 5.72. The highest BCUT2D eigenvalue weighted by Gasteiger charge is 2.40. The van der Waals surface area contributed by atoms with E-state index in [1.807, 2.05) is 36.4 Å². The zero-order valence-electron chi connectivity index (χ0n) is 15.5. The number of benzene rings is 3. The highest BCUT2D eigenvalue weighted by molar-refractivity contribution is 5.51. The van der Waals surface area contributed by atoms with E-state index in [1.165, 1.54) is 5.56 Å². The number of ether oxygens (including phenoxy) is 1. The van der Waals surface area contributed by atoms with E-state index in [4.69, 9.17) is 16.2 Å². The Balaban J connectivity index is 1.87. The first-order valence-corrected chi connectivity index (χ1v) is 9.44. The molecule has 0 unspecified atom stereocenters. The van der Waals surface area contributed by atoms with Crippen molar-refractivity contribution in [3.63, 3.8) is 0 Å². The fraction of sp³-hybridized carbons (Fsp3) is 0.250. The lowest BCUT2D eigenvalue weighted by Gasteiger charge is -2.42. The number of rotatable bonds is 6. The van der Waals surface area contributed by atoms with Crippen molar-refractivity contribution in [3.8, 4) is 0 Å². The first-order chi connectivity index (χ1) is 13.2. The van der Waals surface area contributed by atoms with Gasteiger partial charge in [0.1, 0.15) is 0 Å². The van der Waals surface area contributed by atoms with Crippen LogP contribution in [0.25, 0.3) is 0 Å². The van der Waals surface area contributed by atoms with Crippen molar-refractivity contribution in [2.45, 2.75) is 12.0 Å². The molecule has 1 fully saturated rings. The first kappa shape index (κ1) is 17.9. The Kier molecular flexibility index (Phi) is 4.83. The van der Waals surface area contributed by atoms with Crippen LogP contribution in [0.3, 0.4) is 0 Å². The molecule has 1 heterocycles. The van der Waals surface area contributed by atoms with Gasteiger partial charge in [-0.2, -0.15) is 0 Å². The summed E-state index contributed by atoms with van der Waals surface area (Å²) in [6, 6.07) is 29.1. The third kappa shape index (κ3) is 3.19. The highest BCUT2D eigenvalue weighted by Crippen LogP contribution is 2.39. The van der Waals surface area contributed by atoms with Crippen molar-refractivity contribution >= 4 is 0 Å². The maximum Gasteiger partial charge on any atom is 0.0925 e. The minimum Gasteiger partial charge on any atom is -0.380 e. The maximum absolute atomic E-state index is 7.22. The van der Waals surface area contributed by atoms with E-state index < -0.39 is 5.54 Å². The number of hydrogen-bond donors (Lipinski definition) is 2. The molecule has 3 aromatic carbocycles. The Bertz CT molecular complexity index is 844. The monoisotopic (exact) mass is 358 g/mol. The van der Waals surface area contributed by atoms with Crippen LogP contribution in [0, 0.1) is 5.41 Å². The SMILES string of the molecule is NCC1(Cc2ccccc2C(N)(c2ccccc2)c2ccccc2)COC1. The molecule has 0 amide bonds. The van der Waals surface area contributed by atoms with Crippen molar-refractivity contribution in [3.05, 3.63) is 107 Å². The molecule has 3 nitrogen and oxygen atoms in total. The van der Waals surface area contributed by atoms with E-state index in [0.717, 1.165) is 23.1 Å². The largest absolute Gasteiger partial charge is 0.380 e. The molecule has 1 aliphatic rings. The fourth-order valence-corrected chi connectivity index (χ4v) is 4.03. The molecule has 0 radical (unpaired) electrons. The van der Waals surface area contributed by atoms with Crippen molar-refractivity contribution in [1.29, 1.82) is 0 Å². The second-order valence-electron chi connectivity index (χ2n) is 7.57. The summed E-state index contributed by atoms with van der Waals surface area (Å²) in [6.45, 7) is 2.05. The van der Waals surface area contributed by atoms with Gasteiger partial charge in [0.15, 0.2) is 0 Å². The molecule has 1 saturated heterocycles. The molecule has 4 rings (SSSR count). The quantitative estimate of drug-likeness (QED) is 0.664. The topological polar surface area (TPSA) is 61.3 Å². The average Bonchev–Trinajstić information content (AvgIpc) is 2.72. The van der Waals surface area contributed by atoms with Gasteiger partial charge in [-0.25, -0.2) is 0 Å². The molecular formula is C24H26N2O.